The van der Waals surface area contributed by atoms with E-state index in [2.05, 4.69) is 13.8 Å². The first-order chi connectivity index (χ1) is 11.9. The molecule has 6 nitrogen and oxygen atoms in total. The lowest BCUT2D eigenvalue weighted by Gasteiger charge is -2.46. The van der Waals surface area contributed by atoms with Crippen molar-refractivity contribution in [1.29, 1.82) is 0 Å². The number of rotatable bonds is 5. The van der Waals surface area contributed by atoms with Crippen LogP contribution in [-0.4, -0.2) is 41.6 Å². The molecule has 3 aliphatic rings. The predicted molar refractivity (Wildman–Crippen MR) is 90.2 cm³/mol. The number of aliphatic hydroxyl groups is 1. The highest BCUT2D eigenvalue weighted by atomic mass is 17.2. The van der Waals surface area contributed by atoms with Crippen LogP contribution < -0.4 is 0 Å². The zero-order valence-electron chi connectivity index (χ0n) is 15.8. The zero-order valence-corrected chi connectivity index (χ0v) is 15.8. The summed E-state index contributed by atoms with van der Waals surface area (Å²) in [5.74, 6) is 0.599. The van der Waals surface area contributed by atoms with E-state index in [-0.39, 0.29) is 17.9 Å². The molecule has 0 aromatic rings. The quantitative estimate of drug-likeness (QED) is 0.465. The molecule has 0 radical (unpaired) electrons. The van der Waals surface area contributed by atoms with Gasteiger partial charge in [-0.3, -0.25) is 0 Å². The minimum absolute atomic E-state index is 0.0456. The van der Waals surface area contributed by atoms with E-state index in [4.69, 9.17) is 19.2 Å². The Kier molecular flexibility index (Phi) is 4.90. The van der Waals surface area contributed by atoms with Crippen LogP contribution in [0.1, 0.15) is 53.4 Å². The largest absolute Gasteiger partial charge is 0.488 e. The number of hydrogen-bond acceptors (Lipinski definition) is 6. The van der Waals surface area contributed by atoms with Crippen molar-refractivity contribution in [3.05, 3.63) is 11.8 Å². The van der Waals surface area contributed by atoms with Crippen molar-refractivity contribution in [2.45, 2.75) is 76.8 Å². The van der Waals surface area contributed by atoms with Crippen LogP contribution in [-0.2, 0) is 24.0 Å². The fourth-order valence-corrected chi connectivity index (χ4v) is 5.41. The Balaban J connectivity index is 2.12. The van der Waals surface area contributed by atoms with Crippen molar-refractivity contribution in [2.75, 3.05) is 7.11 Å². The Morgan fingerprint density at radius 3 is 2.64 bits per heavy atom. The summed E-state index contributed by atoms with van der Waals surface area (Å²) in [7, 11) is 1.35. The highest BCUT2D eigenvalue weighted by Gasteiger charge is 2.73. The van der Waals surface area contributed by atoms with E-state index in [1.165, 1.54) is 13.2 Å². The summed E-state index contributed by atoms with van der Waals surface area (Å²) in [6.07, 6.45) is 3.70. The van der Waals surface area contributed by atoms with Crippen LogP contribution in [0.5, 0.6) is 0 Å². The van der Waals surface area contributed by atoms with Crippen molar-refractivity contribution >= 4 is 5.97 Å². The molecule has 1 aliphatic carbocycles. The van der Waals surface area contributed by atoms with Crippen LogP contribution in [0, 0.1) is 17.8 Å². The van der Waals surface area contributed by atoms with Gasteiger partial charge in [0.15, 0.2) is 5.60 Å². The molecule has 2 aliphatic heterocycles. The summed E-state index contributed by atoms with van der Waals surface area (Å²) in [4.78, 5) is 23.5. The average molecular weight is 354 g/mol. The third kappa shape index (κ3) is 2.53. The maximum Gasteiger partial charge on any atom is 0.333 e. The Hall–Kier alpha value is -1.11. The number of aliphatic hydroxyl groups excluding tert-OH is 1. The van der Waals surface area contributed by atoms with Crippen LogP contribution in [0.3, 0.4) is 0 Å². The van der Waals surface area contributed by atoms with Gasteiger partial charge in [-0.2, -0.15) is 0 Å². The van der Waals surface area contributed by atoms with Crippen LogP contribution in [0.2, 0.25) is 0 Å². The third-order valence-electron chi connectivity index (χ3n) is 6.60. The Bertz CT molecular complexity index is 558. The van der Waals surface area contributed by atoms with E-state index in [9.17, 15) is 9.90 Å². The molecule has 3 rings (SSSR count). The second-order valence-electron chi connectivity index (χ2n) is 7.61. The SMILES string of the molecule is CC[C@@H]1C[C@@]2(CC)O/C(=C\C(=O)OC)[C@@]3(CC)OO[C@H]([C@@H](C)O)[C@@H]1[C@@H]23. The lowest BCUT2D eigenvalue weighted by molar-refractivity contribution is -0.435. The standard InChI is InChI=1S/C19H30O6/c1-6-12-10-18(7-2)17-15(12)16(11(4)20)24-25-19(17,8-3)13(23-18)9-14(21)22-5/h9,11-12,15-17,20H,6-8,10H2,1-5H3/b13-9-/t11-,12-,15-,16-,17+,18-,19-/m1/s1. The van der Waals surface area contributed by atoms with Crippen molar-refractivity contribution < 1.29 is 29.1 Å². The molecule has 1 saturated carbocycles. The van der Waals surface area contributed by atoms with Crippen LogP contribution in [0.4, 0.5) is 0 Å². The fourth-order valence-electron chi connectivity index (χ4n) is 5.41. The molecule has 2 saturated heterocycles. The maximum atomic E-state index is 11.9. The number of hydrogen-bond donors (Lipinski definition) is 1. The second-order valence-corrected chi connectivity index (χ2v) is 7.61. The van der Waals surface area contributed by atoms with Gasteiger partial charge >= 0.3 is 5.97 Å². The van der Waals surface area contributed by atoms with E-state index in [1.807, 2.05) is 6.92 Å². The highest BCUT2D eigenvalue weighted by Crippen LogP contribution is 2.66. The molecular weight excluding hydrogens is 324 g/mol. The Labute approximate surface area is 149 Å². The summed E-state index contributed by atoms with van der Waals surface area (Å²) in [5.41, 5.74) is -1.19. The molecule has 0 aromatic carbocycles. The number of esters is 1. The van der Waals surface area contributed by atoms with Gasteiger partial charge in [-0.25, -0.2) is 14.6 Å². The second kappa shape index (κ2) is 6.56. The molecule has 0 unspecified atom stereocenters. The van der Waals surface area contributed by atoms with Gasteiger partial charge in [0, 0.05) is 11.8 Å². The summed E-state index contributed by atoms with van der Waals surface area (Å²) < 4.78 is 11.2. The summed E-state index contributed by atoms with van der Waals surface area (Å²) in [6.45, 7) is 8.04. The number of carbonyl (C=O) groups is 1. The first kappa shape index (κ1) is 18.7. The fraction of sp³-hybridized carbons (Fsp3) is 0.842. The first-order valence-electron chi connectivity index (χ1n) is 9.40. The topological polar surface area (TPSA) is 74.2 Å². The monoisotopic (exact) mass is 354 g/mol. The molecule has 0 spiro atoms. The van der Waals surface area contributed by atoms with Gasteiger partial charge in [0.2, 0.25) is 0 Å². The molecular formula is C19H30O6. The van der Waals surface area contributed by atoms with Gasteiger partial charge in [-0.05, 0) is 32.1 Å². The van der Waals surface area contributed by atoms with E-state index in [0.717, 1.165) is 19.3 Å². The molecule has 142 valence electrons. The van der Waals surface area contributed by atoms with Gasteiger partial charge in [-0.15, -0.1) is 0 Å². The molecule has 0 bridgehead atoms. The predicted octanol–water partition coefficient (Wildman–Crippen LogP) is 2.74. The van der Waals surface area contributed by atoms with Gasteiger partial charge in [-0.1, -0.05) is 27.2 Å². The van der Waals surface area contributed by atoms with Crippen molar-refractivity contribution in [1.82, 2.24) is 0 Å². The average Bonchev–Trinajstić information content (AvgIpc) is 3.09. The van der Waals surface area contributed by atoms with E-state index < -0.39 is 23.3 Å². The van der Waals surface area contributed by atoms with Gasteiger partial charge < -0.3 is 14.6 Å². The first-order valence-corrected chi connectivity index (χ1v) is 9.40. The van der Waals surface area contributed by atoms with Crippen LogP contribution in [0.25, 0.3) is 0 Å². The molecule has 6 heteroatoms. The van der Waals surface area contributed by atoms with Crippen molar-refractivity contribution in [3.8, 4) is 0 Å². The number of ether oxygens (including phenoxy) is 2. The zero-order chi connectivity index (χ0) is 18.4. The van der Waals surface area contributed by atoms with Crippen LogP contribution in [0.15, 0.2) is 11.8 Å². The smallest absolute Gasteiger partial charge is 0.333 e. The summed E-state index contributed by atoms with van der Waals surface area (Å²) >= 11 is 0. The Morgan fingerprint density at radius 2 is 2.12 bits per heavy atom. The van der Waals surface area contributed by atoms with Crippen molar-refractivity contribution in [3.63, 3.8) is 0 Å². The Morgan fingerprint density at radius 1 is 1.40 bits per heavy atom. The van der Waals surface area contributed by atoms with E-state index in [1.54, 1.807) is 6.92 Å². The molecule has 0 amide bonds. The third-order valence-corrected chi connectivity index (χ3v) is 6.60. The van der Waals surface area contributed by atoms with Gasteiger partial charge in [0.05, 0.1) is 19.3 Å². The molecule has 1 N–H and O–H groups in total. The highest BCUT2D eigenvalue weighted by molar-refractivity contribution is 5.82. The maximum absolute atomic E-state index is 11.9. The number of carbonyl (C=O) groups excluding carboxylic acids is 1. The molecule has 7 atom stereocenters. The lowest BCUT2D eigenvalue weighted by Crippen LogP contribution is -2.56. The number of methoxy groups -OCH3 is 1. The minimum atomic E-state index is -0.801. The van der Waals surface area contributed by atoms with Gasteiger partial charge in [0.1, 0.15) is 17.5 Å². The molecule has 3 fully saturated rings. The normalized spacial score (nSPS) is 45.1. The van der Waals surface area contributed by atoms with E-state index >= 15 is 0 Å². The minimum Gasteiger partial charge on any atom is -0.488 e. The van der Waals surface area contributed by atoms with Gasteiger partial charge in [0.25, 0.3) is 0 Å². The van der Waals surface area contributed by atoms with Crippen molar-refractivity contribution in [2.24, 2.45) is 17.8 Å². The molecule has 2 heterocycles. The summed E-state index contributed by atoms with van der Waals surface area (Å²) in [6, 6.07) is 0. The van der Waals surface area contributed by atoms with Crippen LogP contribution >= 0.6 is 0 Å². The summed E-state index contributed by atoms with van der Waals surface area (Å²) in [5, 5.41) is 10.3. The molecule has 0 aromatic heterocycles. The lowest BCUT2D eigenvalue weighted by atomic mass is 9.68. The van der Waals surface area contributed by atoms with E-state index in [0.29, 0.717) is 18.1 Å². The molecule has 25 heavy (non-hydrogen) atoms.